The quantitative estimate of drug-likeness (QED) is 0.672. The molecule has 2 rings (SSSR count). The van der Waals surface area contributed by atoms with Gasteiger partial charge in [-0.05, 0) is 25.4 Å². The minimum absolute atomic E-state index is 0.0164. The number of aromatic nitrogens is 2. The molecule has 0 fully saturated rings. The average Bonchev–Trinajstić information content (AvgIpc) is 3.02. The number of carbonyl (C=O) groups excluding carboxylic acids is 1. The second-order valence-corrected chi connectivity index (χ2v) is 8.96. The van der Waals surface area contributed by atoms with E-state index in [0.29, 0.717) is 12.3 Å². The maximum atomic E-state index is 12.1. The van der Waals surface area contributed by atoms with Crippen LogP contribution in [0.4, 0.5) is 0 Å². The number of likely N-dealkylation sites (N-methyl/N-ethyl adjacent to an activating group) is 1. The second-order valence-electron chi connectivity index (χ2n) is 5.25. The zero-order chi connectivity index (χ0) is 17.4. The van der Waals surface area contributed by atoms with E-state index in [0.717, 1.165) is 14.4 Å². The number of hydrogen-bond acceptors (Lipinski definition) is 7. The lowest BCUT2D eigenvalue weighted by atomic mass is 10.1. The molecule has 0 bridgehead atoms. The summed E-state index contributed by atoms with van der Waals surface area (Å²) in [6.45, 7) is 2.67. The van der Waals surface area contributed by atoms with Crippen LogP contribution in [-0.2, 0) is 4.79 Å². The molecular formula is C16H22N4OS3. The minimum Gasteiger partial charge on any atom is -0.353 e. The van der Waals surface area contributed by atoms with Crippen LogP contribution in [0.15, 0.2) is 39.0 Å². The molecule has 1 N–H and O–H groups in total. The number of nitrogens with one attached hydrogen (secondary N) is 1. The fourth-order valence-corrected chi connectivity index (χ4v) is 4.85. The largest absolute Gasteiger partial charge is 0.353 e. The number of nitrogens with zero attached hydrogens (tertiary/aromatic N) is 3. The van der Waals surface area contributed by atoms with Gasteiger partial charge in [-0.15, -0.1) is 10.2 Å². The Labute approximate surface area is 155 Å². The lowest BCUT2D eigenvalue weighted by Gasteiger charge is -2.25. The molecular weight excluding hydrogens is 360 g/mol. The van der Waals surface area contributed by atoms with Crippen LogP contribution in [0.1, 0.15) is 18.5 Å². The van der Waals surface area contributed by atoms with Crippen LogP contribution >= 0.6 is 34.9 Å². The number of amides is 1. The Kier molecular flexibility index (Phi) is 8.04. The standard InChI is InChI=1S/C16H22N4OS3/c1-4-22-15-18-19-16(24-15)23-11-14(21)17-10-13(20(2)3)12-8-6-5-7-9-12/h5-9,13H,4,10-11H2,1-3H3,(H,17,21)/t13-/m0/s1. The van der Waals surface area contributed by atoms with Crippen molar-refractivity contribution in [2.45, 2.75) is 21.6 Å². The minimum atomic E-state index is 0.0164. The van der Waals surface area contributed by atoms with E-state index in [2.05, 4.69) is 39.5 Å². The van der Waals surface area contributed by atoms with Gasteiger partial charge in [0.25, 0.3) is 0 Å². The van der Waals surface area contributed by atoms with Crippen molar-refractivity contribution in [3.63, 3.8) is 0 Å². The van der Waals surface area contributed by atoms with Crippen molar-refractivity contribution in [3.8, 4) is 0 Å². The Morgan fingerprint density at radius 1 is 1.21 bits per heavy atom. The summed E-state index contributed by atoms with van der Waals surface area (Å²) in [6.07, 6.45) is 0. The van der Waals surface area contributed by atoms with Crippen molar-refractivity contribution in [2.24, 2.45) is 0 Å². The molecule has 0 unspecified atom stereocenters. The Hall–Kier alpha value is -1.09. The molecule has 24 heavy (non-hydrogen) atoms. The van der Waals surface area contributed by atoms with Crippen LogP contribution in [0.5, 0.6) is 0 Å². The molecule has 0 aliphatic rings. The third-order valence-corrected chi connectivity index (χ3v) is 6.35. The molecule has 1 amide bonds. The van der Waals surface area contributed by atoms with Crippen molar-refractivity contribution in [3.05, 3.63) is 35.9 Å². The summed E-state index contributed by atoms with van der Waals surface area (Å²) < 4.78 is 1.80. The Morgan fingerprint density at radius 3 is 2.50 bits per heavy atom. The highest BCUT2D eigenvalue weighted by molar-refractivity contribution is 8.03. The van der Waals surface area contributed by atoms with Gasteiger partial charge in [-0.2, -0.15) is 0 Å². The number of hydrogen-bond donors (Lipinski definition) is 1. The van der Waals surface area contributed by atoms with Crippen LogP contribution in [-0.4, -0.2) is 53.2 Å². The molecule has 2 aromatic rings. The van der Waals surface area contributed by atoms with Crippen molar-refractivity contribution in [2.75, 3.05) is 32.1 Å². The zero-order valence-electron chi connectivity index (χ0n) is 14.1. The molecule has 5 nitrogen and oxygen atoms in total. The van der Waals surface area contributed by atoms with Crippen LogP contribution < -0.4 is 5.32 Å². The monoisotopic (exact) mass is 382 g/mol. The number of carbonyl (C=O) groups is 1. The molecule has 0 saturated carbocycles. The van der Waals surface area contributed by atoms with E-state index < -0.39 is 0 Å². The molecule has 1 aromatic heterocycles. The van der Waals surface area contributed by atoms with Gasteiger partial charge >= 0.3 is 0 Å². The Morgan fingerprint density at radius 2 is 1.88 bits per heavy atom. The fraction of sp³-hybridized carbons (Fsp3) is 0.438. The van der Waals surface area contributed by atoms with Gasteiger partial charge in [-0.3, -0.25) is 4.79 Å². The second kappa shape index (κ2) is 10.0. The predicted octanol–water partition coefficient (Wildman–Crippen LogP) is 3.16. The van der Waals surface area contributed by atoms with E-state index in [-0.39, 0.29) is 11.9 Å². The maximum Gasteiger partial charge on any atom is 0.230 e. The smallest absolute Gasteiger partial charge is 0.230 e. The van der Waals surface area contributed by atoms with Crippen LogP contribution in [0.2, 0.25) is 0 Å². The topological polar surface area (TPSA) is 58.1 Å². The van der Waals surface area contributed by atoms with Gasteiger partial charge in [-0.25, -0.2) is 0 Å². The van der Waals surface area contributed by atoms with Crippen LogP contribution in [0, 0.1) is 0 Å². The first-order valence-electron chi connectivity index (χ1n) is 7.67. The maximum absolute atomic E-state index is 12.1. The Bertz CT molecular complexity index is 633. The van der Waals surface area contributed by atoms with Crippen LogP contribution in [0.3, 0.4) is 0 Å². The van der Waals surface area contributed by atoms with E-state index in [1.807, 2.05) is 32.3 Å². The third-order valence-electron chi connectivity index (χ3n) is 3.28. The first-order chi connectivity index (χ1) is 11.6. The Balaban J connectivity index is 1.80. The zero-order valence-corrected chi connectivity index (χ0v) is 16.5. The molecule has 0 spiro atoms. The third kappa shape index (κ3) is 6.08. The highest BCUT2D eigenvalue weighted by Crippen LogP contribution is 2.28. The van der Waals surface area contributed by atoms with E-state index in [9.17, 15) is 4.79 Å². The highest BCUT2D eigenvalue weighted by Gasteiger charge is 2.15. The first kappa shape index (κ1) is 19.2. The number of thioether (sulfide) groups is 2. The predicted molar refractivity (Wildman–Crippen MR) is 103 cm³/mol. The molecule has 0 aliphatic carbocycles. The molecule has 0 radical (unpaired) electrons. The summed E-state index contributed by atoms with van der Waals surface area (Å²) in [5.41, 5.74) is 1.20. The van der Waals surface area contributed by atoms with Crippen molar-refractivity contribution < 1.29 is 4.79 Å². The fourth-order valence-electron chi connectivity index (χ4n) is 2.10. The summed E-state index contributed by atoms with van der Waals surface area (Å²) >= 11 is 4.65. The summed E-state index contributed by atoms with van der Waals surface area (Å²) in [4.78, 5) is 14.2. The van der Waals surface area contributed by atoms with E-state index >= 15 is 0 Å². The first-order valence-corrected chi connectivity index (χ1v) is 10.5. The molecule has 1 atom stereocenters. The van der Waals surface area contributed by atoms with Crippen molar-refractivity contribution in [1.29, 1.82) is 0 Å². The molecule has 130 valence electrons. The molecule has 0 saturated heterocycles. The lowest BCUT2D eigenvalue weighted by molar-refractivity contribution is -0.118. The number of benzene rings is 1. The van der Waals surface area contributed by atoms with Crippen molar-refractivity contribution in [1.82, 2.24) is 20.4 Å². The number of rotatable bonds is 9. The van der Waals surface area contributed by atoms with Crippen LogP contribution in [0.25, 0.3) is 0 Å². The summed E-state index contributed by atoms with van der Waals surface area (Å²) in [5, 5.41) is 11.2. The van der Waals surface area contributed by atoms with Gasteiger partial charge < -0.3 is 10.2 Å². The summed E-state index contributed by atoms with van der Waals surface area (Å²) in [7, 11) is 4.04. The lowest BCUT2D eigenvalue weighted by Crippen LogP contribution is -2.35. The molecule has 1 heterocycles. The average molecular weight is 383 g/mol. The van der Waals surface area contributed by atoms with E-state index in [1.165, 1.54) is 17.3 Å². The summed E-state index contributed by atoms with van der Waals surface area (Å²) in [6, 6.07) is 10.4. The normalized spacial score (nSPS) is 12.3. The van der Waals surface area contributed by atoms with Gasteiger partial charge in [0.1, 0.15) is 0 Å². The van der Waals surface area contributed by atoms with Gasteiger partial charge in [0.05, 0.1) is 11.8 Å². The highest BCUT2D eigenvalue weighted by atomic mass is 32.2. The van der Waals surface area contributed by atoms with Gasteiger partial charge in [0, 0.05) is 6.54 Å². The van der Waals surface area contributed by atoms with E-state index in [4.69, 9.17) is 0 Å². The summed E-state index contributed by atoms with van der Waals surface area (Å²) in [5.74, 6) is 1.36. The molecule has 1 aromatic carbocycles. The van der Waals surface area contributed by atoms with Gasteiger partial charge in [0.15, 0.2) is 8.68 Å². The van der Waals surface area contributed by atoms with Crippen molar-refractivity contribution >= 4 is 40.8 Å². The van der Waals surface area contributed by atoms with E-state index in [1.54, 1.807) is 23.1 Å². The van der Waals surface area contributed by atoms with Gasteiger partial charge in [0.2, 0.25) is 5.91 Å². The van der Waals surface area contributed by atoms with Gasteiger partial charge in [-0.1, -0.05) is 72.1 Å². The molecule has 8 heteroatoms. The molecule has 0 aliphatic heterocycles. The SMILES string of the molecule is CCSc1nnc(SCC(=O)NC[C@@H](c2ccccc2)N(C)C)s1.